The van der Waals surface area contributed by atoms with Crippen molar-refractivity contribution >= 4 is 11.8 Å². The van der Waals surface area contributed by atoms with Crippen LogP contribution in [-0.2, 0) is 0 Å². The lowest BCUT2D eigenvalue weighted by atomic mass is 9.95. The molecule has 0 aromatic heterocycles. The minimum Gasteiger partial charge on any atom is -0.330 e. The van der Waals surface area contributed by atoms with E-state index in [9.17, 15) is 0 Å². The van der Waals surface area contributed by atoms with E-state index >= 15 is 0 Å². The Hall–Kier alpha value is 0.310. The zero-order valence-corrected chi connectivity index (χ0v) is 7.83. The van der Waals surface area contributed by atoms with Crippen molar-refractivity contribution < 1.29 is 0 Å². The highest BCUT2D eigenvalue weighted by Crippen LogP contribution is 2.61. The second-order valence-corrected chi connectivity index (χ2v) is 5.18. The third-order valence-electron chi connectivity index (χ3n) is 3.36. The largest absolute Gasteiger partial charge is 0.330 e. The maximum absolute atomic E-state index is 5.55. The summed E-state index contributed by atoms with van der Waals surface area (Å²) in [5.41, 5.74) is 6.35. The van der Waals surface area contributed by atoms with Crippen molar-refractivity contribution in [3.8, 4) is 0 Å². The van der Waals surface area contributed by atoms with E-state index < -0.39 is 0 Å². The monoisotopic (exact) mass is 171 g/mol. The molecule has 64 valence electrons. The molecule has 0 aromatic rings. The first-order valence-corrected chi connectivity index (χ1v) is 5.81. The summed E-state index contributed by atoms with van der Waals surface area (Å²) in [6, 6.07) is 0. The molecule has 1 saturated carbocycles. The van der Waals surface area contributed by atoms with E-state index in [2.05, 4.69) is 11.8 Å². The van der Waals surface area contributed by atoms with Gasteiger partial charge in [-0.3, -0.25) is 0 Å². The molecule has 2 aliphatic rings. The quantitative estimate of drug-likeness (QED) is 0.686. The lowest BCUT2D eigenvalue weighted by Crippen LogP contribution is -2.14. The molecule has 1 unspecified atom stereocenters. The van der Waals surface area contributed by atoms with E-state index in [0.29, 0.717) is 0 Å². The fourth-order valence-electron chi connectivity index (χ4n) is 2.43. The highest BCUT2D eigenvalue weighted by Gasteiger charge is 2.52. The predicted molar refractivity (Wildman–Crippen MR) is 50.8 cm³/mol. The van der Waals surface area contributed by atoms with Crippen molar-refractivity contribution in [2.45, 2.75) is 25.7 Å². The van der Waals surface area contributed by atoms with Gasteiger partial charge in [0.25, 0.3) is 0 Å². The highest BCUT2D eigenvalue weighted by atomic mass is 32.2. The average molecular weight is 171 g/mol. The van der Waals surface area contributed by atoms with E-state index in [1.165, 1.54) is 37.2 Å². The second kappa shape index (κ2) is 2.98. The van der Waals surface area contributed by atoms with Crippen molar-refractivity contribution in [1.29, 1.82) is 0 Å². The SMILES string of the molecule is NCCC1CC12CCSCC2. The fourth-order valence-corrected chi connectivity index (χ4v) is 3.74. The van der Waals surface area contributed by atoms with Crippen LogP contribution < -0.4 is 5.73 Å². The minimum absolute atomic E-state index is 0.796. The fraction of sp³-hybridized carbons (Fsp3) is 1.00. The van der Waals surface area contributed by atoms with Gasteiger partial charge in [0.05, 0.1) is 0 Å². The molecule has 2 rings (SSSR count). The average Bonchev–Trinajstić information content (AvgIpc) is 2.66. The minimum atomic E-state index is 0.796. The van der Waals surface area contributed by atoms with Crippen molar-refractivity contribution in [3.63, 3.8) is 0 Å². The first-order valence-electron chi connectivity index (χ1n) is 4.65. The smallest absolute Gasteiger partial charge is 0.00621 e. The topological polar surface area (TPSA) is 26.0 Å². The maximum atomic E-state index is 5.55. The first kappa shape index (κ1) is 7.93. The molecule has 1 aliphatic heterocycles. The molecule has 1 saturated heterocycles. The van der Waals surface area contributed by atoms with E-state index in [-0.39, 0.29) is 0 Å². The van der Waals surface area contributed by atoms with Crippen LogP contribution in [0.5, 0.6) is 0 Å². The van der Waals surface area contributed by atoms with E-state index in [4.69, 9.17) is 5.73 Å². The molecule has 11 heavy (non-hydrogen) atoms. The van der Waals surface area contributed by atoms with Crippen LogP contribution in [-0.4, -0.2) is 18.1 Å². The lowest BCUT2D eigenvalue weighted by Gasteiger charge is -2.21. The zero-order valence-electron chi connectivity index (χ0n) is 7.01. The molecule has 2 fully saturated rings. The second-order valence-electron chi connectivity index (χ2n) is 3.95. The van der Waals surface area contributed by atoms with Crippen LogP contribution in [0.15, 0.2) is 0 Å². The Balaban J connectivity index is 1.84. The summed E-state index contributed by atoms with van der Waals surface area (Å²) in [5.74, 6) is 3.82. The van der Waals surface area contributed by atoms with Crippen LogP contribution in [0.25, 0.3) is 0 Å². The van der Waals surface area contributed by atoms with Gasteiger partial charge >= 0.3 is 0 Å². The number of thioether (sulfide) groups is 1. The standard InChI is InChI=1S/C9H17NS/c10-4-1-8-7-9(8)2-5-11-6-3-9/h8H,1-7,10H2. The van der Waals surface area contributed by atoms with E-state index in [0.717, 1.165) is 17.9 Å². The molecule has 0 radical (unpaired) electrons. The van der Waals surface area contributed by atoms with Crippen molar-refractivity contribution in [2.75, 3.05) is 18.1 Å². The normalized spacial score (nSPS) is 34.1. The van der Waals surface area contributed by atoms with Gasteiger partial charge in [0, 0.05) is 0 Å². The molecule has 2 heteroatoms. The molecule has 2 N–H and O–H groups in total. The molecule has 1 nitrogen and oxygen atoms in total. The Kier molecular flexibility index (Phi) is 2.15. The molecule has 1 atom stereocenters. The molecule has 1 heterocycles. The van der Waals surface area contributed by atoms with Gasteiger partial charge in [0.2, 0.25) is 0 Å². The number of hydrogen-bond donors (Lipinski definition) is 1. The van der Waals surface area contributed by atoms with Crippen LogP contribution in [0, 0.1) is 11.3 Å². The Morgan fingerprint density at radius 3 is 2.73 bits per heavy atom. The molecule has 0 bridgehead atoms. The molecular formula is C9H17NS. The summed E-state index contributed by atoms with van der Waals surface area (Å²) < 4.78 is 0. The number of hydrogen-bond acceptors (Lipinski definition) is 2. The maximum Gasteiger partial charge on any atom is -0.00621 e. The van der Waals surface area contributed by atoms with Crippen LogP contribution in [0.4, 0.5) is 0 Å². The van der Waals surface area contributed by atoms with Gasteiger partial charge in [0.1, 0.15) is 0 Å². The number of rotatable bonds is 2. The summed E-state index contributed by atoms with van der Waals surface area (Å²) in [7, 11) is 0. The van der Waals surface area contributed by atoms with Gasteiger partial charge < -0.3 is 5.73 Å². The molecule has 1 spiro atoms. The molecular weight excluding hydrogens is 154 g/mol. The predicted octanol–water partition coefficient (Wildman–Crippen LogP) is 1.87. The third kappa shape index (κ3) is 1.43. The Morgan fingerprint density at radius 2 is 2.09 bits per heavy atom. The lowest BCUT2D eigenvalue weighted by molar-refractivity contribution is 0.410. The summed E-state index contributed by atoms with van der Waals surface area (Å²) in [4.78, 5) is 0. The van der Waals surface area contributed by atoms with Crippen molar-refractivity contribution in [3.05, 3.63) is 0 Å². The van der Waals surface area contributed by atoms with Crippen molar-refractivity contribution in [2.24, 2.45) is 17.1 Å². The Morgan fingerprint density at radius 1 is 1.36 bits per heavy atom. The van der Waals surface area contributed by atoms with Crippen LogP contribution >= 0.6 is 11.8 Å². The van der Waals surface area contributed by atoms with Crippen LogP contribution in [0.1, 0.15) is 25.7 Å². The molecule has 0 aromatic carbocycles. The third-order valence-corrected chi connectivity index (χ3v) is 4.35. The van der Waals surface area contributed by atoms with Gasteiger partial charge in [-0.2, -0.15) is 11.8 Å². The molecule has 1 aliphatic carbocycles. The highest BCUT2D eigenvalue weighted by molar-refractivity contribution is 7.99. The van der Waals surface area contributed by atoms with Gasteiger partial charge in [-0.15, -0.1) is 0 Å². The molecule has 0 amide bonds. The van der Waals surface area contributed by atoms with Gasteiger partial charge in [-0.25, -0.2) is 0 Å². The van der Waals surface area contributed by atoms with E-state index in [1.54, 1.807) is 0 Å². The summed E-state index contributed by atoms with van der Waals surface area (Å²) >= 11 is 2.13. The van der Waals surface area contributed by atoms with Crippen molar-refractivity contribution in [1.82, 2.24) is 0 Å². The van der Waals surface area contributed by atoms with Crippen LogP contribution in [0.3, 0.4) is 0 Å². The summed E-state index contributed by atoms with van der Waals surface area (Å²) in [6.45, 7) is 0.902. The summed E-state index contributed by atoms with van der Waals surface area (Å²) in [6.07, 6.45) is 5.72. The van der Waals surface area contributed by atoms with E-state index in [1.807, 2.05) is 0 Å². The summed E-state index contributed by atoms with van der Waals surface area (Å²) in [5, 5.41) is 0. The Labute approximate surface area is 73.1 Å². The first-order chi connectivity index (χ1) is 5.37. The number of nitrogens with two attached hydrogens (primary N) is 1. The van der Waals surface area contributed by atoms with Gasteiger partial charge in [-0.1, -0.05) is 0 Å². The Bertz CT molecular complexity index is 140. The van der Waals surface area contributed by atoms with Gasteiger partial charge in [-0.05, 0) is 55.1 Å². The van der Waals surface area contributed by atoms with Gasteiger partial charge in [0.15, 0.2) is 0 Å². The zero-order chi connectivity index (χ0) is 7.73. The van der Waals surface area contributed by atoms with Crippen LogP contribution in [0.2, 0.25) is 0 Å².